The Morgan fingerprint density at radius 2 is 0.552 bits per heavy atom. The Bertz CT molecular complexity index is 6410. The van der Waals surface area contributed by atoms with Crippen LogP contribution in [0, 0.1) is 0 Å². The summed E-state index contributed by atoms with van der Waals surface area (Å²) in [4.78, 5) is 0. The number of rotatable bonds is 7. The molecule has 15 heteroatoms. The van der Waals surface area contributed by atoms with Gasteiger partial charge in [-0.25, -0.2) is 0 Å². The predicted octanol–water partition coefficient (Wildman–Crippen LogP) is 21.2. The van der Waals surface area contributed by atoms with Crippen LogP contribution < -0.4 is 21.9 Å². The summed E-state index contributed by atoms with van der Waals surface area (Å²) >= 11 is 9.20. The summed E-state index contributed by atoms with van der Waals surface area (Å²) in [6.45, 7) is 24.3. The second-order valence-electron chi connectivity index (χ2n) is 28.7. The van der Waals surface area contributed by atoms with Crippen molar-refractivity contribution in [1.29, 1.82) is 0 Å². The summed E-state index contributed by atoms with van der Waals surface area (Å²) in [6.07, 6.45) is 0. The first kappa shape index (κ1) is 55.4. The van der Waals surface area contributed by atoms with E-state index in [-0.39, 0.29) is 194 Å². The molecular formula is C90H85B4Br3O8. The average molecular weight is 1600 g/mol. The Morgan fingerprint density at radius 1 is 0.276 bits per heavy atom. The van der Waals surface area contributed by atoms with E-state index in [1.807, 2.05) is 167 Å². The summed E-state index contributed by atoms with van der Waals surface area (Å²) in [5, 5.41) is 24.2. The second kappa shape index (κ2) is 30.7. The summed E-state index contributed by atoms with van der Waals surface area (Å²) in [7, 11) is -3.00. The van der Waals surface area contributed by atoms with Gasteiger partial charge in [0.2, 0.25) is 0 Å². The molecular weight excluding hydrogens is 1490 g/mol. The van der Waals surface area contributed by atoms with E-state index in [1.54, 1.807) is 36.4 Å². The molecule has 0 spiro atoms. The molecule has 0 saturated carbocycles. The van der Waals surface area contributed by atoms with Crippen molar-refractivity contribution in [1.82, 2.24) is 0 Å². The molecule has 17 rings (SSSR count). The van der Waals surface area contributed by atoms with Crippen molar-refractivity contribution >= 4 is 163 Å². The smallest absolute Gasteiger partial charge is 0.423 e. The van der Waals surface area contributed by atoms with Crippen LogP contribution in [0.4, 0.5) is 0 Å². The van der Waals surface area contributed by atoms with E-state index in [4.69, 9.17) is 61.3 Å². The molecule has 0 aromatic heterocycles. The first-order valence-electron chi connectivity index (χ1n) is 43.2. The molecule has 105 heavy (non-hydrogen) atoms. The van der Waals surface area contributed by atoms with Crippen LogP contribution in [-0.2, 0) is 27.9 Å². The lowest BCUT2D eigenvalue weighted by atomic mass is 9.65. The highest BCUT2D eigenvalue weighted by atomic mass is 79.9. The van der Waals surface area contributed by atoms with Crippen molar-refractivity contribution in [3.05, 3.63) is 298 Å². The molecule has 3 saturated heterocycles. The lowest BCUT2D eigenvalue weighted by molar-refractivity contribution is 0.00578. The highest BCUT2D eigenvalue weighted by molar-refractivity contribution is 9.11. The molecule has 8 nitrogen and oxygen atoms in total. The van der Waals surface area contributed by atoms with Crippen molar-refractivity contribution in [3.63, 3.8) is 0 Å². The van der Waals surface area contributed by atoms with E-state index in [2.05, 4.69) is 103 Å². The quantitative estimate of drug-likeness (QED) is 0.152. The number of hydrogen-bond donors (Lipinski definition) is 2. The highest BCUT2D eigenvalue weighted by Gasteiger charge is 2.56. The lowest BCUT2D eigenvalue weighted by Gasteiger charge is -2.32. The average Bonchev–Trinajstić information content (AvgIpc) is 1.49. The Kier molecular flexibility index (Phi) is 16.2. The molecule has 14 aromatic rings. The van der Waals surface area contributed by atoms with Crippen LogP contribution in [0.1, 0.15) is 108 Å². The zero-order chi connectivity index (χ0) is 89.9. The van der Waals surface area contributed by atoms with Crippen molar-refractivity contribution in [3.8, 4) is 33.4 Å². The first-order chi connectivity index (χ1) is 57.6. The van der Waals surface area contributed by atoms with Crippen molar-refractivity contribution in [2.45, 2.75) is 117 Å². The van der Waals surface area contributed by atoms with Crippen LogP contribution in [-0.4, -0.2) is 72.1 Å². The standard InChI is InChI=1S/C32H29BO2.C20H13Br.C18H28B2O4.C10H9BO2.C10H6Br2/c1-31(2)32(3,4)35-33(34-31)30-12-8-7-11-29(30)28-18-17-26-20-25(15-16-27(26)21-28)24-14-13-22-9-5-6-10-23(22)19-24;21-20-10-9-18-12-17(7-8-19(18)13-20)16-6-5-14-3-1-2-4-15(14)11-16;1-15(2)16(3,4)22-19(21-15)13-11-9-10-12-14(13)20-23-17(5,6)18(7,8)24-20;12-11(13)10-6-5-8-3-1-2-4-9(8)7-10;11-9-3-1-7-5-10(12)4-2-8(7)6-9/h5-21H,1-4H3;1-13H;9-12H,1-8H3;1-7,12-13H;1-6H/i15D,16D,17D,18D,20D,21D;7D,8D,9D,10D,12D,13D;;;1D,2D,3D,4D,5D,6D. The van der Waals surface area contributed by atoms with Gasteiger partial charge in [0.1, 0.15) is 0 Å². The largest absolute Gasteiger partial charge is 0.495 e. The zero-order valence-electron chi connectivity index (χ0n) is 78.0. The van der Waals surface area contributed by atoms with E-state index in [0.29, 0.717) is 27.6 Å². The third kappa shape index (κ3) is 16.8. The number of fused-ring (bicyclic) bond motifs is 6. The van der Waals surface area contributed by atoms with Crippen LogP contribution in [0.25, 0.3) is 98.0 Å². The number of halogens is 3. The van der Waals surface area contributed by atoms with Gasteiger partial charge in [0.15, 0.2) is 0 Å². The van der Waals surface area contributed by atoms with Gasteiger partial charge in [0.25, 0.3) is 0 Å². The van der Waals surface area contributed by atoms with Crippen LogP contribution in [0.15, 0.2) is 298 Å². The van der Waals surface area contributed by atoms with E-state index in [0.717, 1.165) is 43.2 Å². The number of hydrogen-bond acceptors (Lipinski definition) is 8. The third-order valence-electron chi connectivity index (χ3n) is 19.9. The van der Waals surface area contributed by atoms with Gasteiger partial charge in [-0.2, -0.15) is 0 Å². The van der Waals surface area contributed by atoms with Gasteiger partial charge in [-0.15, -0.1) is 0 Å². The summed E-state index contributed by atoms with van der Waals surface area (Å²) in [6, 6.07) is 51.8. The van der Waals surface area contributed by atoms with Crippen molar-refractivity contribution < 1.29 is 62.6 Å². The molecule has 0 amide bonds. The maximum absolute atomic E-state index is 9.18. The molecule has 3 aliphatic heterocycles. The fraction of sp³-hybridized carbons (Fsp3) is 0.200. The monoisotopic (exact) mass is 1590 g/mol. The van der Waals surface area contributed by atoms with E-state index >= 15 is 0 Å². The van der Waals surface area contributed by atoms with Gasteiger partial charge < -0.3 is 38.0 Å². The predicted molar refractivity (Wildman–Crippen MR) is 454 cm³/mol. The molecule has 0 bridgehead atoms. The van der Waals surface area contributed by atoms with Gasteiger partial charge in [-0.3, -0.25) is 0 Å². The molecule has 0 aliphatic carbocycles. The van der Waals surface area contributed by atoms with Crippen LogP contribution in [0.3, 0.4) is 0 Å². The maximum atomic E-state index is 9.18. The SMILES string of the molecule is CC1(C)OB(c2ccccc2B2OC(C)(C)C(C)(C)O2)OC1(C)C.OB(O)c1ccc2ccccc2c1.[2H]c1c(-c2ccc3ccccc3c2)c([2H])c2c([2H])c([2H])c(Br)c([2H])c2c1[2H].[2H]c1c(-c2ccccc2B2OC(C)(C)C(C)(C)O2)c([2H])c2c([2H])c([2H])c(-c3ccc4ccccc4c3)c([2H])c2c1[2H].[2H]c1c(Br)c([2H])c2c([2H])c([2H])c(Br)c([2H])c2c1[2H]. The van der Waals surface area contributed by atoms with E-state index in [9.17, 15) is 1.37 Å². The number of benzene rings is 14. The minimum absolute atomic E-state index is 0.0178. The maximum Gasteiger partial charge on any atom is 0.495 e. The Hall–Kier alpha value is -7.98. The molecule has 14 aromatic carbocycles. The molecule has 0 atom stereocenters. The van der Waals surface area contributed by atoms with Gasteiger partial charge in [0, 0.05) is 13.4 Å². The topological polar surface area (TPSA) is 95.8 Å². The Balaban J connectivity index is 0.000000139. The van der Waals surface area contributed by atoms with Crippen LogP contribution in [0.2, 0.25) is 0 Å². The third-order valence-corrected chi connectivity index (χ3v) is 21.1. The molecule has 0 radical (unpaired) electrons. The van der Waals surface area contributed by atoms with Crippen molar-refractivity contribution in [2.24, 2.45) is 0 Å². The summed E-state index contributed by atoms with van der Waals surface area (Å²) in [5.41, 5.74) is 2.67. The fourth-order valence-electron chi connectivity index (χ4n) is 11.8. The van der Waals surface area contributed by atoms with E-state index in [1.165, 1.54) is 0 Å². The van der Waals surface area contributed by atoms with Crippen molar-refractivity contribution in [2.75, 3.05) is 0 Å². The lowest BCUT2D eigenvalue weighted by Crippen LogP contribution is -2.51. The minimum Gasteiger partial charge on any atom is -0.423 e. The first-order valence-corrected chi connectivity index (χ1v) is 36.6. The molecule has 3 heterocycles. The van der Waals surface area contributed by atoms with Crippen LogP contribution in [0.5, 0.6) is 0 Å². The Morgan fingerprint density at radius 3 is 0.924 bits per heavy atom. The fourth-order valence-corrected chi connectivity index (χ4v) is 12.7. The second-order valence-corrected chi connectivity index (χ2v) is 31.0. The Labute approximate surface area is 669 Å². The molecule has 526 valence electrons. The molecule has 0 unspecified atom stereocenters. The molecule has 3 fully saturated rings. The molecule has 3 aliphatic rings. The zero-order valence-corrected chi connectivity index (χ0v) is 64.8. The summed E-state index contributed by atoms with van der Waals surface area (Å²) < 4.78 is 189. The highest BCUT2D eigenvalue weighted by Crippen LogP contribution is 2.41. The summed E-state index contributed by atoms with van der Waals surface area (Å²) in [5.74, 6) is 0. The molecule has 2 N–H and O–H groups in total. The van der Waals surface area contributed by atoms with Gasteiger partial charge >= 0.3 is 28.5 Å². The normalized spacial score (nSPS) is 18.8. The van der Waals surface area contributed by atoms with Crippen LogP contribution >= 0.6 is 47.8 Å². The van der Waals surface area contributed by atoms with Gasteiger partial charge in [-0.05, 0) is 269 Å². The van der Waals surface area contributed by atoms with Gasteiger partial charge in [0.05, 0.1) is 58.3 Å². The van der Waals surface area contributed by atoms with Gasteiger partial charge in [-0.1, -0.05) is 266 Å². The van der Waals surface area contributed by atoms with E-state index < -0.39 is 39.7 Å². The minimum atomic E-state index is -1.38.